The maximum atomic E-state index is 5.43. The van der Waals surface area contributed by atoms with Crippen LogP contribution < -0.4 is 5.32 Å². The highest BCUT2D eigenvalue weighted by atomic mass is 16.5. The quantitative estimate of drug-likeness (QED) is 0.745. The molecule has 88 valence electrons. The van der Waals surface area contributed by atoms with E-state index in [0.717, 1.165) is 31.3 Å². The number of hydrogen-bond acceptors (Lipinski definition) is 3. The van der Waals surface area contributed by atoms with E-state index in [0.29, 0.717) is 0 Å². The second kappa shape index (κ2) is 5.28. The van der Waals surface area contributed by atoms with E-state index in [1.54, 1.807) is 0 Å². The number of hydrogen-bond donors (Lipinski definition) is 1. The minimum absolute atomic E-state index is 0.732. The second-order valence-corrected chi connectivity index (χ2v) is 4.94. The van der Waals surface area contributed by atoms with Crippen LogP contribution in [0.15, 0.2) is 0 Å². The molecule has 3 heteroatoms. The van der Waals surface area contributed by atoms with E-state index in [9.17, 15) is 0 Å². The van der Waals surface area contributed by atoms with Crippen molar-refractivity contribution < 1.29 is 4.74 Å². The number of nitrogens with zero attached hydrogens (tertiary/aromatic N) is 1. The normalized spacial score (nSPS) is 35.6. The van der Waals surface area contributed by atoms with E-state index in [2.05, 4.69) is 24.2 Å². The Labute approximate surface area is 93.2 Å². The van der Waals surface area contributed by atoms with Crippen molar-refractivity contribution in [3.63, 3.8) is 0 Å². The van der Waals surface area contributed by atoms with Crippen molar-refractivity contribution in [3.05, 3.63) is 0 Å². The number of rotatable bonds is 2. The molecule has 1 N–H and O–H groups in total. The van der Waals surface area contributed by atoms with Gasteiger partial charge in [0.25, 0.3) is 0 Å². The van der Waals surface area contributed by atoms with Gasteiger partial charge in [0.05, 0.1) is 0 Å². The monoisotopic (exact) mass is 212 g/mol. The smallest absolute Gasteiger partial charge is 0.0480 e. The van der Waals surface area contributed by atoms with Gasteiger partial charge in [-0.3, -0.25) is 4.90 Å². The molecule has 2 rings (SSSR count). The van der Waals surface area contributed by atoms with Crippen molar-refractivity contribution in [2.75, 3.05) is 26.8 Å². The molecule has 0 saturated carbocycles. The summed E-state index contributed by atoms with van der Waals surface area (Å²) in [6.07, 6.45) is 5.06. The summed E-state index contributed by atoms with van der Waals surface area (Å²) in [6, 6.07) is 2.25. The molecule has 3 nitrogen and oxygen atoms in total. The van der Waals surface area contributed by atoms with Crippen LogP contribution in [-0.4, -0.2) is 49.8 Å². The number of likely N-dealkylation sites (tertiary alicyclic amines) is 1. The van der Waals surface area contributed by atoms with Gasteiger partial charge in [0, 0.05) is 37.9 Å². The maximum Gasteiger partial charge on any atom is 0.0480 e. The van der Waals surface area contributed by atoms with Gasteiger partial charge in [-0.25, -0.2) is 0 Å². The first-order chi connectivity index (χ1) is 7.31. The van der Waals surface area contributed by atoms with Crippen LogP contribution >= 0.6 is 0 Å². The molecular formula is C12H24N2O. The first-order valence-electron chi connectivity index (χ1n) is 6.32. The van der Waals surface area contributed by atoms with Crippen LogP contribution in [0.2, 0.25) is 0 Å². The Morgan fingerprint density at radius 2 is 1.93 bits per heavy atom. The molecule has 0 aliphatic carbocycles. The average molecular weight is 212 g/mol. The van der Waals surface area contributed by atoms with Crippen molar-refractivity contribution in [1.82, 2.24) is 10.2 Å². The van der Waals surface area contributed by atoms with Crippen molar-refractivity contribution >= 4 is 0 Å². The van der Waals surface area contributed by atoms with Crippen molar-refractivity contribution in [1.29, 1.82) is 0 Å². The fourth-order valence-electron chi connectivity index (χ4n) is 3.01. The van der Waals surface area contributed by atoms with Gasteiger partial charge >= 0.3 is 0 Å². The summed E-state index contributed by atoms with van der Waals surface area (Å²) in [7, 11) is 2.08. The zero-order valence-electron chi connectivity index (χ0n) is 10.0. The lowest BCUT2D eigenvalue weighted by molar-refractivity contribution is 0.00426. The van der Waals surface area contributed by atoms with Crippen LogP contribution in [0.3, 0.4) is 0 Å². The van der Waals surface area contributed by atoms with E-state index < -0.39 is 0 Å². The fourth-order valence-corrected chi connectivity index (χ4v) is 3.01. The van der Waals surface area contributed by atoms with Gasteiger partial charge < -0.3 is 10.1 Å². The van der Waals surface area contributed by atoms with Crippen molar-refractivity contribution in [2.24, 2.45) is 0 Å². The van der Waals surface area contributed by atoms with Gasteiger partial charge in [-0.1, -0.05) is 0 Å². The molecule has 0 aromatic carbocycles. The zero-order chi connectivity index (χ0) is 10.7. The summed E-state index contributed by atoms with van der Waals surface area (Å²) >= 11 is 0. The molecule has 0 aromatic heterocycles. The molecule has 0 spiro atoms. The van der Waals surface area contributed by atoms with E-state index >= 15 is 0 Å². The van der Waals surface area contributed by atoms with E-state index in [1.165, 1.54) is 32.2 Å². The van der Waals surface area contributed by atoms with Crippen LogP contribution in [0.4, 0.5) is 0 Å². The van der Waals surface area contributed by atoms with E-state index in [4.69, 9.17) is 4.74 Å². The third-order valence-electron chi connectivity index (χ3n) is 4.00. The highest BCUT2D eigenvalue weighted by molar-refractivity contribution is 4.87. The highest BCUT2D eigenvalue weighted by Gasteiger charge is 2.30. The van der Waals surface area contributed by atoms with Crippen molar-refractivity contribution in [3.8, 4) is 0 Å². The topological polar surface area (TPSA) is 24.5 Å². The number of piperidine rings is 1. The van der Waals surface area contributed by atoms with Crippen LogP contribution in [0.1, 0.15) is 32.6 Å². The van der Waals surface area contributed by atoms with Gasteiger partial charge in [-0.2, -0.15) is 0 Å². The van der Waals surface area contributed by atoms with Crippen LogP contribution in [0, 0.1) is 0 Å². The SMILES string of the molecule is CNC1CCN(C2CCOCC2)C(C)C1. The third-order valence-corrected chi connectivity index (χ3v) is 4.00. The van der Waals surface area contributed by atoms with Crippen LogP contribution in [-0.2, 0) is 4.74 Å². The molecule has 15 heavy (non-hydrogen) atoms. The second-order valence-electron chi connectivity index (χ2n) is 4.94. The Hall–Kier alpha value is -0.120. The molecule has 2 fully saturated rings. The highest BCUT2D eigenvalue weighted by Crippen LogP contribution is 2.24. The molecule has 0 radical (unpaired) electrons. The summed E-state index contributed by atoms with van der Waals surface area (Å²) in [4.78, 5) is 2.70. The van der Waals surface area contributed by atoms with Crippen molar-refractivity contribution in [2.45, 2.75) is 50.7 Å². The molecule has 0 bridgehead atoms. The van der Waals surface area contributed by atoms with Crippen LogP contribution in [0.25, 0.3) is 0 Å². The Kier molecular flexibility index (Phi) is 4.00. The fraction of sp³-hybridized carbons (Fsp3) is 1.00. The molecule has 2 aliphatic rings. The summed E-state index contributed by atoms with van der Waals surface area (Å²) in [5.74, 6) is 0. The predicted molar refractivity (Wildman–Crippen MR) is 62.1 cm³/mol. The Bertz CT molecular complexity index is 192. The first kappa shape index (κ1) is 11.4. The molecule has 0 amide bonds. The minimum atomic E-state index is 0.732. The average Bonchev–Trinajstić information content (AvgIpc) is 2.30. The lowest BCUT2D eigenvalue weighted by atomic mass is 9.94. The lowest BCUT2D eigenvalue weighted by Crippen LogP contribution is -2.52. The standard InChI is InChI=1S/C12H24N2O/c1-10-9-11(13-2)3-6-14(10)12-4-7-15-8-5-12/h10-13H,3-9H2,1-2H3. The predicted octanol–water partition coefficient (Wildman–Crippen LogP) is 1.24. The minimum Gasteiger partial charge on any atom is -0.381 e. The molecule has 2 aliphatic heterocycles. The lowest BCUT2D eigenvalue weighted by Gasteiger charge is -2.43. The summed E-state index contributed by atoms with van der Waals surface area (Å²) < 4.78 is 5.43. The molecule has 2 unspecified atom stereocenters. The molecule has 2 saturated heterocycles. The summed E-state index contributed by atoms with van der Waals surface area (Å²) in [6.45, 7) is 5.56. The molecule has 2 atom stereocenters. The Morgan fingerprint density at radius 3 is 2.53 bits per heavy atom. The summed E-state index contributed by atoms with van der Waals surface area (Å²) in [5, 5.41) is 3.41. The van der Waals surface area contributed by atoms with E-state index in [1.807, 2.05) is 0 Å². The third kappa shape index (κ3) is 2.71. The first-order valence-corrected chi connectivity index (χ1v) is 6.32. The molecule has 2 heterocycles. The molecular weight excluding hydrogens is 188 g/mol. The number of nitrogens with one attached hydrogen (secondary N) is 1. The zero-order valence-corrected chi connectivity index (χ0v) is 10.0. The summed E-state index contributed by atoms with van der Waals surface area (Å²) in [5.41, 5.74) is 0. The van der Waals surface area contributed by atoms with Gasteiger partial charge in [0.15, 0.2) is 0 Å². The van der Waals surface area contributed by atoms with Gasteiger partial charge in [-0.05, 0) is 39.7 Å². The Morgan fingerprint density at radius 1 is 1.20 bits per heavy atom. The Balaban J connectivity index is 1.87. The van der Waals surface area contributed by atoms with E-state index in [-0.39, 0.29) is 0 Å². The number of ether oxygens (including phenoxy) is 1. The van der Waals surface area contributed by atoms with Gasteiger partial charge in [0.1, 0.15) is 0 Å². The van der Waals surface area contributed by atoms with Gasteiger partial charge in [0.2, 0.25) is 0 Å². The molecule has 0 aromatic rings. The maximum absolute atomic E-state index is 5.43. The largest absolute Gasteiger partial charge is 0.381 e. The van der Waals surface area contributed by atoms with Gasteiger partial charge in [-0.15, -0.1) is 0 Å². The van der Waals surface area contributed by atoms with Crippen LogP contribution in [0.5, 0.6) is 0 Å².